The number of benzene rings is 2. The van der Waals surface area contributed by atoms with Crippen molar-refractivity contribution in [1.82, 2.24) is 0 Å². The molecule has 0 spiro atoms. The Morgan fingerprint density at radius 1 is 1.00 bits per heavy atom. The van der Waals surface area contributed by atoms with E-state index in [1.165, 1.54) is 6.07 Å². The molecule has 1 N–H and O–H groups in total. The maximum atomic E-state index is 12.4. The zero-order valence-electron chi connectivity index (χ0n) is 13.0. The second-order valence-corrected chi connectivity index (χ2v) is 7.12. The van der Waals surface area contributed by atoms with Crippen LogP contribution in [0.4, 0.5) is 5.69 Å². The van der Waals surface area contributed by atoms with Crippen molar-refractivity contribution >= 4 is 52.4 Å². The summed E-state index contributed by atoms with van der Waals surface area (Å²) < 4.78 is 5.20. The first-order valence-electron chi connectivity index (χ1n) is 7.59. The van der Waals surface area contributed by atoms with Crippen molar-refractivity contribution in [3.63, 3.8) is 0 Å². The largest absolute Gasteiger partial charge is 0.455 e. The average molecular weight is 399 g/mol. The zero-order chi connectivity index (χ0) is 18.0. The smallest absolute Gasteiger partial charge is 0.317 e. The van der Waals surface area contributed by atoms with Gasteiger partial charge in [0.2, 0.25) is 0 Å². The molecule has 7 heteroatoms. The van der Waals surface area contributed by atoms with Gasteiger partial charge in [-0.1, -0.05) is 46.9 Å². The molecule has 0 aliphatic heterocycles. The number of ether oxygens (including phenoxy) is 1. The molecular weight excluding hydrogens is 385 g/mol. The predicted octanol–water partition coefficient (Wildman–Crippen LogP) is 4.86. The van der Waals surface area contributed by atoms with Crippen molar-refractivity contribution < 1.29 is 14.3 Å². The summed E-state index contributed by atoms with van der Waals surface area (Å²) in [5.41, 5.74) is 0.549. The van der Waals surface area contributed by atoms with Crippen LogP contribution in [0.1, 0.15) is 18.4 Å². The van der Waals surface area contributed by atoms with Gasteiger partial charge in [-0.05, 0) is 48.7 Å². The van der Waals surface area contributed by atoms with Gasteiger partial charge in [0, 0.05) is 10.0 Å². The van der Waals surface area contributed by atoms with E-state index in [9.17, 15) is 9.59 Å². The summed E-state index contributed by atoms with van der Waals surface area (Å²) >= 11 is 17.7. The molecule has 1 amide bonds. The van der Waals surface area contributed by atoms with E-state index in [1.807, 2.05) is 12.1 Å². The van der Waals surface area contributed by atoms with E-state index in [0.29, 0.717) is 33.6 Å². The molecule has 0 heterocycles. The summed E-state index contributed by atoms with van der Waals surface area (Å²) in [5.74, 6) is -0.897. The lowest BCUT2D eigenvalue weighted by molar-refractivity contribution is -0.150. The lowest BCUT2D eigenvalue weighted by atomic mass is 9.96. The van der Waals surface area contributed by atoms with Crippen LogP contribution in [0.5, 0.6) is 0 Å². The predicted molar refractivity (Wildman–Crippen MR) is 98.4 cm³/mol. The van der Waals surface area contributed by atoms with Crippen LogP contribution in [0, 0.1) is 0 Å². The lowest BCUT2D eigenvalue weighted by Gasteiger charge is -2.15. The van der Waals surface area contributed by atoms with E-state index in [4.69, 9.17) is 39.5 Å². The first-order valence-corrected chi connectivity index (χ1v) is 8.72. The highest BCUT2D eigenvalue weighted by atomic mass is 35.5. The van der Waals surface area contributed by atoms with Crippen LogP contribution in [-0.4, -0.2) is 18.5 Å². The number of amides is 1. The summed E-state index contributed by atoms with van der Waals surface area (Å²) in [6, 6.07) is 11.8. The van der Waals surface area contributed by atoms with Gasteiger partial charge in [0.1, 0.15) is 0 Å². The number of halogens is 3. The minimum absolute atomic E-state index is 0.351. The molecule has 3 rings (SSSR count). The van der Waals surface area contributed by atoms with Crippen LogP contribution in [0.25, 0.3) is 0 Å². The summed E-state index contributed by atoms with van der Waals surface area (Å²) in [6.45, 7) is -0.392. The fourth-order valence-corrected chi connectivity index (χ4v) is 3.02. The van der Waals surface area contributed by atoms with Gasteiger partial charge in [-0.3, -0.25) is 9.59 Å². The van der Waals surface area contributed by atoms with Crippen molar-refractivity contribution in [1.29, 1.82) is 0 Å². The number of anilines is 1. The summed E-state index contributed by atoms with van der Waals surface area (Å²) in [6.07, 6.45) is 1.38. The van der Waals surface area contributed by atoms with Crippen molar-refractivity contribution in [2.75, 3.05) is 11.9 Å². The van der Waals surface area contributed by atoms with Crippen molar-refractivity contribution in [2.45, 2.75) is 18.3 Å². The number of hydrogen-bond acceptors (Lipinski definition) is 3. The number of carbonyl (C=O) groups excluding carboxylic acids is 2. The summed E-state index contributed by atoms with van der Waals surface area (Å²) in [5, 5.41) is 3.97. The molecular formula is C18H14Cl3NO3. The molecule has 0 radical (unpaired) electrons. The Labute approximate surface area is 160 Å². The van der Waals surface area contributed by atoms with E-state index in [-0.39, 0.29) is 0 Å². The van der Waals surface area contributed by atoms with Gasteiger partial charge in [-0.2, -0.15) is 0 Å². The van der Waals surface area contributed by atoms with Crippen molar-refractivity contribution in [3.05, 3.63) is 63.1 Å². The molecule has 4 nitrogen and oxygen atoms in total. The molecule has 0 aromatic heterocycles. The highest BCUT2D eigenvalue weighted by molar-refractivity contribution is 6.35. The highest BCUT2D eigenvalue weighted by Gasteiger charge is 2.52. The Morgan fingerprint density at radius 3 is 2.28 bits per heavy atom. The quantitative estimate of drug-likeness (QED) is 0.732. The second kappa shape index (κ2) is 7.24. The van der Waals surface area contributed by atoms with Crippen molar-refractivity contribution in [3.8, 4) is 0 Å². The first kappa shape index (κ1) is 18.1. The highest BCUT2D eigenvalue weighted by Crippen LogP contribution is 2.49. The van der Waals surface area contributed by atoms with Gasteiger partial charge >= 0.3 is 5.97 Å². The van der Waals surface area contributed by atoms with Gasteiger partial charge in [-0.25, -0.2) is 0 Å². The number of rotatable bonds is 5. The Kier molecular flexibility index (Phi) is 5.23. The molecule has 1 aliphatic rings. The molecule has 2 aromatic carbocycles. The van der Waals surface area contributed by atoms with Gasteiger partial charge in [0.05, 0.1) is 16.1 Å². The van der Waals surface area contributed by atoms with Crippen LogP contribution in [0.3, 0.4) is 0 Å². The Bertz CT molecular complexity index is 817. The molecule has 0 saturated heterocycles. The van der Waals surface area contributed by atoms with Crippen LogP contribution in [-0.2, 0) is 19.7 Å². The van der Waals surface area contributed by atoms with Crippen molar-refractivity contribution in [2.24, 2.45) is 0 Å². The van der Waals surface area contributed by atoms with E-state index >= 15 is 0 Å². The molecule has 0 bridgehead atoms. The Balaban J connectivity index is 1.59. The maximum absolute atomic E-state index is 12.4. The minimum Gasteiger partial charge on any atom is -0.455 e. The van der Waals surface area contributed by atoms with Crippen LogP contribution >= 0.6 is 34.8 Å². The molecule has 0 unspecified atom stereocenters. The number of carbonyl (C=O) groups is 2. The molecule has 2 aromatic rings. The van der Waals surface area contributed by atoms with Crippen LogP contribution in [0.15, 0.2) is 42.5 Å². The number of hydrogen-bond donors (Lipinski definition) is 1. The monoisotopic (exact) mass is 397 g/mol. The van der Waals surface area contributed by atoms with Crippen LogP contribution < -0.4 is 5.32 Å². The third-order valence-corrected chi connectivity index (χ3v) is 4.89. The number of esters is 1. The Morgan fingerprint density at radius 2 is 1.64 bits per heavy atom. The van der Waals surface area contributed by atoms with Crippen LogP contribution in [0.2, 0.25) is 15.1 Å². The first-order chi connectivity index (χ1) is 11.9. The maximum Gasteiger partial charge on any atom is 0.317 e. The number of nitrogens with one attached hydrogen (secondary N) is 1. The lowest BCUT2D eigenvalue weighted by Crippen LogP contribution is -2.28. The SMILES string of the molecule is O=C(COC(=O)C1(c2ccc(Cl)cc2)CC1)Nc1cc(Cl)ccc1Cl. The normalized spacial score (nSPS) is 14.7. The van der Waals surface area contributed by atoms with Gasteiger partial charge < -0.3 is 10.1 Å². The molecule has 1 saturated carbocycles. The fraction of sp³-hybridized carbons (Fsp3) is 0.222. The topological polar surface area (TPSA) is 55.4 Å². The van der Waals surface area contributed by atoms with Gasteiger partial charge in [0.15, 0.2) is 6.61 Å². The molecule has 1 aliphatic carbocycles. The minimum atomic E-state index is -0.668. The second-order valence-electron chi connectivity index (χ2n) is 5.84. The summed E-state index contributed by atoms with van der Waals surface area (Å²) in [7, 11) is 0. The third-order valence-electron chi connectivity index (χ3n) is 4.07. The van der Waals surface area contributed by atoms with E-state index in [0.717, 1.165) is 5.56 Å². The standard InChI is InChI=1S/C18H14Cl3NO3/c19-12-3-1-11(2-4-12)18(7-8-18)17(24)25-10-16(23)22-15-9-13(20)5-6-14(15)21/h1-6,9H,7-8,10H2,(H,22,23). The zero-order valence-corrected chi connectivity index (χ0v) is 15.3. The summed E-state index contributed by atoms with van der Waals surface area (Å²) in [4.78, 5) is 24.4. The van der Waals surface area contributed by atoms with E-state index in [1.54, 1.807) is 24.3 Å². The molecule has 130 valence electrons. The van der Waals surface area contributed by atoms with Gasteiger partial charge in [-0.15, -0.1) is 0 Å². The van der Waals surface area contributed by atoms with Gasteiger partial charge in [0.25, 0.3) is 5.91 Å². The molecule has 1 fully saturated rings. The molecule has 25 heavy (non-hydrogen) atoms. The fourth-order valence-electron chi connectivity index (χ4n) is 2.55. The third kappa shape index (κ3) is 4.09. The Hall–Kier alpha value is -1.75. The average Bonchev–Trinajstić information content (AvgIpc) is 3.38. The van der Waals surface area contributed by atoms with E-state index in [2.05, 4.69) is 5.32 Å². The molecule has 0 atom stereocenters. The van der Waals surface area contributed by atoms with E-state index < -0.39 is 23.9 Å².